The summed E-state index contributed by atoms with van der Waals surface area (Å²) in [4.78, 5) is 17.9. The number of pyridine rings is 1. The SMILES string of the molecule is COCCN(C)c1ccc(-c2ccc(-n3ncc4ccc(C(=O)O)nc43)cc2C2CCC2)cc1. The fraction of sp³-hybridized carbons (Fsp3) is 0.296. The molecule has 174 valence electrons. The van der Waals surface area contributed by atoms with Crippen LogP contribution in [-0.2, 0) is 4.74 Å². The van der Waals surface area contributed by atoms with Gasteiger partial charge in [-0.2, -0.15) is 5.10 Å². The van der Waals surface area contributed by atoms with Crippen molar-refractivity contribution >= 4 is 22.7 Å². The Morgan fingerprint density at radius 2 is 1.94 bits per heavy atom. The Bertz CT molecular complexity index is 1330. The second-order valence-corrected chi connectivity index (χ2v) is 8.83. The number of hydrogen-bond donors (Lipinski definition) is 1. The number of aromatic nitrogens is 3. The predicted octanol–water partition coefficient (Wildman–Crippen LogP) is 5.14. The summed E-state index contributed by atoms with van der Waals surface area (Å²) in [6.45, 7) is 1.53. The highest BCUT2D eigenvalue weighted by molar-refractivity contribution is 5.89. The van der Waals surface area contributed by atoms with Crippen molar-refractivity contribution in [3.8, 4) is 16.8 Å². The van der Waals surface area contributed by atoms with Gasteiger partial charge in [-0.25, -0.2) is 14.5 Å². The first-order valence-corrected chi connectivity index (χ1v) is 11.6. The molecule has 0 bridgehead atoms. The Hall–Kier alpha value is -3.71. The molecule has 0 aliphatic heterocycles. The van der Waals surface area contributed by atoms with Crippen LogP contribution in [0.4, 0.5) is 5.69 Å². The third-order valence-corrected chi connectivity index (χ3v) is 6.71. The van der Waals surface area contributed by atoms with Crippen LogP contribution in [0.2, 0.25) is 0 Å². The molecular weight excluding hydrogens is 428 g/mol. The van der Waals surface area contributed by atoms with Gasteiger partial charge in [-0.3, -0.25) is 0 Å². The minimum atomic E-state index is -1.04. The fourth-order valence-corrected chi connectivity index (χ4v) is 4.47. The van der Waals surface area contributed by atoms with Crippen molar-refractivity contribution in [3.63, 3.8) is 0 Å². The highest BCUT2D eigenvalue weighted by atomic mass is 16.5. The summed E-state index contributed by atoms with van der Waals surface area (Å²) < 4.78 is 6.93. The van der Waals surface area contributed by atoms with Gasteiger partial charge < -0.3 is 14.7 Å². The number of nitrogens with zero attached hydrogens (tertiary/aromatic N) is 4. The molecule has 0 amide bonds. The molecule has 4 aromatic rings. The fourth-order valence-electron chi connectivity index (χ4n) is 4.47. The molecule has 1 aliphatic rings. The highest BCUT2D eigenvalue weighted by Gasteiger charge is 2.24. The van der Waals surface area contributed by atoms with E-state index in [0.29, 0.717) is 18.2 Å². The molecule has 0 atom stereocenters. The zero-order chi connectivity index (χ0) is 23.7. The molecule has 7 nitrogen and oxygen atoms in total. The van der Waals surface area contributed by atoms with E-state index in [4.69, 9.17) is 4.74 Å². The van der Waals surface area contributed by atoms with Crippen LogP contribution in [0.5, 0.6) is 0 Å². The third kappa shape index (κ3) is 4.15. The first-order chi connectivity index (χ1) is 16.5. The van der Waals surface area contributed by atoms with Gasteiger partial charge in [0.05, 0.1) is 18.5 Å². The zero-order valence-electron chi connectivity index (χ0n) is 19.4. The minimum absolute atomic E-state index is 0.0145. The van der Waals surface area contributed by atoms with Crippen molar-refractivity contribution in [2.75, 3.05) is 32.2 Å². The summed E-state index contributed by atoms with van der Waals surface area (Å²) >= 11 is 0. The van der Waals surface area contributed by atoms with E-state index < -0.39 is 5.97 Å². The van der Waals surface area contributed by atoms with Gasteiger partial charge in [-0.15, -0.1) is 0 Å². The lowest BCUT2D eigenvalue weighted by Crippen LogP contribution is -2.21. The van der Waals surface area contributed by atoms with Crippen molar-refractivity contribution in [2.45, 2.75) is 25.2 Å². The maximum Gasteiger partial charge on any atom is 0.354 e. The van der Waals surface area contributed by atoms with Crippen LogP contribution >= 0.6 is 0 Å². The molecule has 0 spiro atoms. The second kappa shape index (κ2) is 9.27. The largest absolute Gasteiger partial charge is 0.477 e. The topological polar surface area (TPSA) is 80.5 Å². The van der Waals surface area contributed by atoms with E-state index in [1.165, 1.54) is 42.0 Å². The van der Waals surface area contributed by atoms with Crippen molar-refractivity contribution in [2.24, 2.45) is 0 Å². The molecule has 2 aromatic heterocycles. The average molecular weight is 457 g/mol. The summed E-state index contributed by atoms with van der Waals surface area (Å²) in [6.07, 6.45) is 5.32. The lowest BCUT2D eigenvalue weighted by Gasteiger charge is -2.29. The van der Waals surface area contributed by atoms with Crippen molar-refractivity contribution in [1.82, 2.24) is 14.8 Å². The quantitative estimate of drug-likeness (QED) is 0.396. The number of carboxylic acids is 1. The van der Waals surface area contributed by atoms with Gasteiger partial charge in [0, 0.05) is 31.8 Å². The monoisotopic (exact) mass is 456 g/mol. The van der Waals surface area contributed by atoms with Gasteiger partial charge in [-0.1, -0.05) is 24.6 Å². The Labute approximate surface area is 198 Å². The van der Waals surface area contributed by atoms with E-state index in [1.807, 2.05) is 6.07 Å². The molecule has 2 aromatic carbocycles. The number of benzene rings is 2. The molecule has 0 unspecified atom stereocenters. The second-order valence-electron chi connectivity index (χ2n) is 8.83. The smallest absolute Gasteiger partial charge is 0.354 e. The van der Waals surface area contributed by atoms with E-state index in [2.05, 4.69) is 58.4 Å². The molecular formula is C27H28N4O3. The minimum Gasteiger partial charge on any atom is -0.477 e. The number of hydrogen-bond acceptors (Lipinski definition) is 5. The van der Waals surface area contributed by atoms with E-state index >= 15 is 0 Å². The molecule has 1 N–H and O–H groups in total. The van der Waals surface area contributed by atoms with Gasteiger partial charge in [0.15, 0.2) is 11.3 Å². The van der Waals surface area contributed by atoms with Gasteiger partial charge in [0.1, 0.15) is 0 Å². The highest BCUT2D eigenvalue weighted by Crippen LogP contribution is 2.42. The zero-order valence-corrected chi connectivity index (χ0v) is 19.4. The van der Waals surface area contributed by atoms with Gasteiger partial charge in [0.2, 0.25) is 0 Å². The van der Waals surface area contributed by atoms with Crippen LogP contribution in [0.1, 0.15) is 41.2 Å². The molecule has 1 fully saturated rings. The summed E-state index contributed by atoms with van der Waals surface area (Å²) in [5.74, 6) is -0.528. The molecule has 7 heteroatoms. The normalized spacial score (nSPS) is 13.7. The Kier molecular flexibility index (Phi) is 6.02. The molecule has 0 radical (unpaired) electrons. The van der Waals surface area contributed by atoms with Crippen LogP contribution in [0.15, 0.2) is 60.8 Å². The number of fused-ring (bicyclic) bond motifs is 1. The summed E-state index contributed by atoms with van der Waals surface area (Å²) in [7, 11) is 3.79. The van der Waals surface area contributed by atoms with E-state index in [1.54, 1.807) is 24.1 Å². The number of likely N-dealkylation sites (N-methyl/N-ethyl adjacent to an activating group) is 1. The molecule has 5 rings (SSSR count). The molecule has 34 heavy (non-hydrogen) atoms. The van der Waals surface area contributed by atoms with Crippen LogP contribution in [0.3, 0.4) is 0 Å². The molecule has 2 heterocycles. The molecule has 1 aliphatic carbocycles. The van der Waals surface area contributed by atoms with Crippen LogP contribution in [-0.4, -0.2) is 53.1 Å². The number of aromatic carboxylic acids is 1. The third-order valence-electron chi connectivity index (χ3n) is 6.71. The first-order valence-electron chi connectivity index (χ1n) is 11.6. The van der Waals surface area contributed by atoms with Gasteiger partial charge in [0.25, 0.3) is 0 Å². The lowest BCUT2D eigenvalue weighted by molar-refractivity contribution is 0.0691. The number of carboxylic acid groups (broad SMARTS) is 1. The van der Waals surface area contributed by atoms with Gasteiger partial charge in [-0.05, 0) is 71.8 Å². The maximum absolute atomic E-state index is 11.4. The number of methoxy groups -OCH3 is 1. The standard InChI is InChI=1S/C27H28N4O3/c1-30(14-15-34-2)21-9-6-19(7-10-21)23-12-11-22(16-24(23)18-4-3-5-18)31-26-20(17-28-31)8-13-25(29-26)27(32)33/h6-13,16-18H,3-5,14-15H2,1-2H3,(H,32,33). The maximum atomic E-state index is 11.4. The van der Waals surface area contributed by atoms with Gasteiger partial charge >= 0.3 is 5.97 Å². The number of anilines is 1. The number of ether oxygens (including phenoxy) is 1. The molecule has 0 saturated heterocycles. The Balaban J connectivity index is 1.52. The van der Waals surface area contributed by atoms with Crippen LogP contribution in [0.25, 0.3) is 27.8 Å². The number of rotatable bonds is 8. The van der Waals surface area contributed by atoms with Crippen LogP contribution < -0.4 is 4.90 Å². The van der Waals surface area contributed by atoms with E-state index in [0.717, 1.165) is 23.3 Å². The van der Waals surface area contributed by atoms with E-state index in [9.17, 15) is 9.90 Å². The Morgan fingerprint density at radius 1 is 1.15 bits per heavy atom. The van der Waals surface area contributed by atoms with Crippen molar-refractivity contribution < 1.29 is 14.6 Å². The first kappa shape index (κ1) is 22.1. The van der Waals surface area contributed by atoms with E-state index in [-0.39, 0.29) is 5.69 Å². The van der Waals surface area contributed by atoms with Crippen LogP contribution in [0, 0.1) is 0 Å². The molecule has 1 saturated carbocycles. The summed E-state index contributed by atoms with van der Waals surface area (Å²) in [5, 5.41) is 14.7. The average Bonchev–Trinajstić information content (AvgIpc) is 3.25. The summed E-state index contributed by atoms with van der Waals surface area (Å²) in [6, 6.07) is 18.3. The Morgan fingerprint density at radius 3 is 2.62 bits per heavy atom. The van der Waals surface area contributed by atoms with Crippen molar-refractivity contribution in [1.29, 1.82) is 0 Å². The predicted molar refractivity (Wildman–Crippen MR) is 133 cm³/mol. The van der Waals surface area contributed by atoms with Crippen molar-refractivity contribution in [3.05, 3.63) is 72.1 Å². The lowest BCUT2D eigenvalue weighted by atomic mass is 9.77. The number of carbonyl (C=O) groups is 1. The summed E-state index contributed by atoms with van der Waals surface area (Å²) in [5.41, 5.74) is 6.35.